The van der Waals surface area contributed by atoms with E-state index in [1.165, 1.54) is 30.3 Å². The molecular formula is C66H69Cl3F4N22O4S. The minimum atomic E-state index is -3.25. The number of nitrogens with zero attached hydrogens (tertiary/aromatic N) is 13. The lowest BCUT2D eigenvalue weighted by molar-refractivity contribution is -0.222. The molecule has 0 aliphatic heterocycles. The Morgan fingerprint density at radius 3 is 1.18 bits per heavy atom. The van der Waals surface area contributed by atoms with Crippen LogP contribution in [-0.4, -0.2) is 129 Å². The number of ether oxygens (including phenoxy) is 1. The molecule has 0 bridgehead atoms. The largest absolute Gasteiger partial charge is 0.383 e. The molecule has 0 radical (unpaired) electrons. The Balaban J connectivity index is 0.000000151. The molecule has 3 amide bonds. The number of aromatic amines is 3. The van der Waals surface area contributed by atoms with Crippen LogP contribution in [0.1, 0.15) is 119 Å². The van der Waals surface area contributed by atoms with E-state index >= 15 is 0 Å². The zero-order valence-corrected chi connectivity index (χ0v) is 58.9. The predicted octanol–water partition coefficient (Wildman–Crippen LogP) is 13.4. The van der Waals surface area contributed by atoms with Crippen molar-refractivity contribution in [2.75, 3.05) is 36.9 Å². The molecule has 13 aromatic rings. The highest BCUT2D eigenvalue weighted by Crippen LogP contribution is 2.43. The summed E-state index contributed by atoms with van der Waals surface area (Å²) in [6.45, 7) is 19.4. The van der Waals surface area contributed by atoms with E-state index in [-0.39, 0.29) is 53.9 Å². The van der Waals surface area contributed by atoms with Gasteiger partial charge in [-0.1, -0.05) is 53.0 Å². The van der Waals surface area contributed by atoms with Crippen LogP contribution in [0.15, 0.2) is 85.2 Å². The summed E-state index contributed by atoms with van der Waals surface area (Å²) in [5.74, 6) is -3.06. The number of thiazole rings is 1. The molecule has 34 heteroatoms. The van der Waals surface area contributed by atoms with Gasteiger partial charge >= 0.3 is 6.11 Å². The van der Waals surface area contributed by atoms with Crippen molar-refractivity contribution >= 4 is 147 Å². The van der Waals surface area contributed by atoms with Crippen LogP contribution in [0.2, 0.25) is 15.1 Å². The van der Waals surface area contributed by atoms with E-state index in [1.54, 1.807) is 64.1 Å². The summed E-state index contributed by atoms with van der Waals surface area (Å²) >= 11 is 21.6. The third-order valence-electron chi connectivity index (χ3n) is 15.6. The number of halogens is 7. The van der Waals surface area contributed by atoms with Gasteiger partial charge in [0.1, 0.15) is 58.5 Å². The van der Waals surface area contributed by atoms with Gasteiger partial charge in [0.25, 0.3) is 17.7 Å². The number of rotatable bonds is 15. The smallest absolute Gasteiger partial charge is 0.352 e. The zero-order chi connectivity index (χ0) is 72.3. The van der Waals surface area contributed by atoms with Crippen molar-refractivity contribution in [3.8, 4) is 34.2 Å². The Kier molecular flexibility index (Phi) is 19.4. The number of aromatic nitrogens is 16. The number of hydrogen-bond donors (Lipinski definition) is 9. The summed E-state index contributed by atoms with van der Waals surface area (Å²) in [6.07, 6.45) is 2.22. The molecule has 12 N–H and O–H groups in total. The first-order valence-electron chi connectivity index (χ1n) is 31.0. The molecular weight excluding hydrogens is 1380 g/mol. The van der Waals surface area contributed by atoms with Gasteiger partial charge in [-0.05, 0) is 106 Å². The molecule has 0 spiro atoms. The van der Waals surface area contributed by atoms with Crippen molar-refractivity contribution < 1.29 is 36.7 Å². The van der Waals surface area contributed by atoms with Crippen LogP contribution in [0, 0.1) is 0 Å². The average molecular weight is 1450 g/mol. The second-order valence-corrected chi connectivity index (χ2v) is 28.6. The second kappa shape index (κ2) is 27.2. The number of anilines is 3. The van der Waals surface area contributed by atoms with Crippen LogP contribution in [0.3, 0.4) is 0 Å². The maximum atomic E-state index is 13.0. The maximum absolute atomic E-state index is 13.0. The quantitative estimate of drug-likeness (QED) is 0.0340. The molecule has 0 saturated carbocycles. The molecule has 0 atom stereocenters. The fourth-order valence-electron chi connectivity index (χ4n) is 10.8. The Morgan fingerprint density at radius 1 is 0.510 bits per heavy atom. The summed E-state index contributed by atoms with van der Waals surface area (Å²) < 4.78 is 61.2. The highest BCUT2D eigenvalue weighted by Gasteiger charge is 2.31. The molecule has 0 saturated heterocycles. The minimum absolute atomic E-state index is 0.0630. The molecule has 10 aromatic heterocycles. The van der Waals surface area contributed by atoms with E-state index in [0.717, 1.165) is 17.3 Å². The van der Waals surface area contributed by atoms with Crippen molar-refractivity contribution in [2.24, 2.45) is 0 Å². The number of benzene rings is 3. The van der Waals surface area contributed by atoms with Crippen LogP contribution < -0.4 is 33.2 Å². The number of H-pyrrole nitrogens is 3. The van der Waals surface area contributed by atoms with Gasteiger partial charge in [-0.2, -0.15) is 24.1 Å². The Morgan fingerprint density at radius 2 is 0.860 bits per heavy atom. The second-order valence-electron chi connectivity index (χ2n) is 26.5. The van der Waals surface area contributed by atoms with E-state index < -0.39 is 30.3 Å². The Labute approximate surface area is 586 Å². The van der Waals surface area contributed by atoms with Crippen molar-refractivity contribution in [2.45, 2.75) is 118 Å². The van der Waals surface area contributed by atoms with E-state index in [0.29, 0.717) is 146 Å². The van der Waals surface area contributed by atoms with Crippen LogP contribution in [0.4, 0.5) is 35.0 Å². The van der Waals surface area contributed by atoms with Gasteiger partial charge in [0.2, 0.25) is 5.92 Å². The molecule has 13 rings (SSSR count). The third kappa shape index (κ3) is 14.8. The van der Waals surface area contributed by atoms with Crippen molar-refractivity contribution in [1.82, 2.24) is 95.1 Å². The summed E-state index contributed by atoms with van der Waals surface area (Å²) in [4.78, 5) is 77.0. The van der Waals surface area contributed by atoms with Gasteiger partial charge in [0.05, 0.1) is 78.1 Å². The molecule has 0 aliphatic rings. The maximum Gasteiger partial charge on any atom is 0.352 e. The first-order valence-corrected chi connectivity index (χ1v) is 33.0. The van der Waals surface area contributed by atoms with Gasteiger partial charge in [-0.25, -0.2) is 57.7 Å². The molecule has 3 aromatic carbocycles. The number of nitrogen functional groups attached to an aromatic ring is 3. The van der Waals surface area contributed by atoms with Crippen LogP contribution in [-0.2, 0) is 27.9 Å². The SMILES string of the molecule is CC(C)(C)n1nc(-c2[nH]c3cc(C(=O)NCc4nccs4)ccc3c2Cl)c2c(N)ncnc21.CC(F)(F)CCNC(=O)c1ccc2c(Cl)c(-c3nn(C(C)(C)C)c4ncnc(N)c34)[nH]c2c1.CC(F)(F)OCCNC(=O)c1ccc2c(Cl)c(-c3nn(C(C)(C)C)c4ncnc(N)c34)[nH]c2c1. The monoisotopic (exact) mass is 1450 g/mol. The molecule has 100 heavy (non-hydrogen) atoms. The summed E-state index contributed by atoms with van der Waals surface area (Å²) in [5.41, 5.74) is 25.5. The van der Waals surface area contributed by atoms with Crippen LogP contribution >= 0.6 is 46.1 Å². The van der Waals surface area contributed by atoms with Gasteiger partial charge in [-0.3, -0.25) is 14.4 Å². The van der Waals surface area contributed by atoms with E-state index in [1.807, 2.05) is 78.4 Å². The Bertz CT molecular complexity index is 5280. The van der Waals surface area contributed by atoms with Crippen molar-refractivity contribution in [3.63, 3.8) is 0 Å². The standard InChI is InChI=1S/C22H24ClF2N7O2.C22H24ClF2N7O.C22H21ClN8OS/c1-21(2,3)32-19-14(18(26)28-10-29-19)16(31-32)17-15(23)12-6-5-11(9-13(12)30-17)20(33)27-7-8-34-22(4,24)25;1-21(2,3)32-19-14(18(26)28-10-29-19)16(31-32)17-15(23)12-6-5-11(9-13(12)30-17)20(33)27-8-7-22(4,24)25;1-22(2,3)31-20-15(19(24)27-10-28-20)17(30-31)18-16(23)12-5-4-11(8-13(12)29-18)21(32)26-9-14-25-6-7-33-14/h5-6,9-10,30H,7-8H2,1-4H3,(H,27,33)(H2,26,28,29);5-6,9-10,30H,7-8H2,1-4H3,(H,27,33)(H2,26,28,29);4-8,10,29H,9H2,1-3H3,(H,26,32)(H2,24,27,28). The number of carbonyl (C=O) groups excluding carboxylic acids is 3. The topological polar surface area (TPSA) is 366 Å². The van der Waals surface area contributed by atoms with Crippen LogP contribution in [0.25, 0.3) is 100.0 Å². The lowest BCUT2D eigenvalue weighted by Crippen LogP contribution is -2.29. The molecule has 522 valence electrons. The van der Waals surface area contributed by atoms with E-state index in [4.69, 9.17) is 67.3 Å². The van der Waals surface area contributed by atoms with E-state index in [9.17, 15) is 31.9 Å². The van der Waals surface area contributed by atoms with Crippen LogP contribution in [0.5, 0.6) is 0 Å². The normalized spacial score (nSPS) is 12.4. The number of carbonyl (C=O) groups is 3. The number of nitrogens with one attached hydrogen (secondary N) is 6. The van der Waals surface area contributed by atoms with E-state index in [2.05, 4.69) is 70.5 Å². The molecule has 0 fully saturated rings. The minimum Gasteiger partial charge on any atom is -0.383 e. The summed E-state index contributed by atoms with van der Waals surface area (Å²) in [5, 5.41) is 30.1. The molecule has 0 unspecified atom stereocenters. The lowest BCUT2D eigenvalue weighted by Gasteiger charge is -2.19. The first-order chi connectivity index (χ1) is 47.0. The zero-order valence-electron chi connectivity index (χ0n) is 55.9. The van der Waals surface area contributed by atoms with Gasteiger partial charge in [-0.15, -0.1) is 11.3 Å². The van der Waals surface area contributed by atoms with Gasteiger partial charge in [0, 0.05) is 87.4 Å². The van der Waals surface area contributed by atoms with Crippen molar-refractivity contribution in [1.29, 1.82) is 0 Å². The molecule has 26 nitrogen and oxygen atoms in total. The number of nitrogens with two attached hydrogens (primary N) is 3. The van der Waals surface area contributed by atoms with Crippen molar-refractivity contribution in [3.05, 3.63) is 122 Å². The third-order valence-corrected chi connectivity index (χ3v) is 17.5. The molecule has 10 heterocycles. The summed E-state index contributed by atoms with van der Waals surface area (Å²) in [7, 11) is 0. The highest BCUT2D eigenvalue weighted by atomic mass is 35.5. The number of hydrogen-bond acceptors (Lipinski definition) is 18. The lowest BCUT2D eigenvalue weighted by atomic mass is 10.1. The highest BCUT2D eigenvalue weighted by molar-refractivity contribution is 7.09. The molecule has 0 aliphatic carbocycles. The summed E-state index contributed by atoms with van der Waals surface area (Å²) in [6, 6.07) is 15.2. The average Bonchev–Trinajstić information content (AvgIpc) is 1.60. The fraction of sp³-hybridized carbons (Fsp3) is 0.318. The Hall–Kier alpha value is -10.1. The van der Waals surface area contributed by atoms with Gasteiger partial charge < -0.3 is 52.8 Å². The number of fused-ring (bicyclic) bond motifs is 6. The predicted molar refractivity (Wildman–Crippen MR) is 381 cm³/mol. The van der Waals surface area contributed by atoms with Gasteiger partial charge in [0.15, 0.2) is 16.9 Å². The number of amides is 3. The number of alkyl halides is 4. The first kappa shape index (κ1) is 71.2. The fourth-order valence-corrected chi connectivity index (χ4v) is 12.3.